The third-order valence-electron chi connectivity index (χ3n) is 2.68. The molecular weight excluding hydrogens is 216 g/mol. The Morgan fingerprint density at radius 1 is 1.41 bits per heavy atom. The molecule has 5 heteroatoms. The van der Waals surface area contributed by atoms with Gasteiger partial charge < -0.3 is 5.32 Å². The minimum absolute atomic E-state index is 0.0885. The molecule has 1 aliphatic carbocycles. The Labute approximate surface area is 98.5 Å². The first kappa shape index (κ1) is 10.0. The summed E-state index contributed by atoms with van der Waals surface area (Å²) in [5, 5.41) is 7.00. The molecule has 1 amide bonds. The largest absolute Gasteiger partial charge is 0.323 e. The van der Waals surface area contributed by atoms with Crippen molar-refractivity contribution in [1.29, 1.82) is 0 Å². The van der Waals surface area contributed by atoms with Crippen molar-refractivity contribution in [2.75, 3.05) is 5.32 Å². The number of hydrogen-bond acceptors (Lipinski definition) is 3. The molecule has 0 aromatic carbocycles. The Hall–Kier alpha value is -2.17. The van der Waals surface area contributed by atoms with Crippen LogP contribution in [-0.2, 0) is 4.79 Å². The summed E-state index contributed by atoms with van der Waals surface area (Å²) in [6, 6.07) is 5.61. The van der Waals surface area contributed by atoms with Gasteiger partial charge in [-0.2, -0.15) is 5.10 Å². The van der Waals surface area contributed by atoms with Gasteiger partial charge in [-0.25, -0.2) is 9.67 Å². The van der Waals surface area contributed by atoms with Crippen LogP contribution in [0.2, 0.25) is 0 Å². The van der Waals surface area contributed by atoms with Crippen LogP contribution in [0.1, 0.15) is 12.8 Å². The van der Waals surface area contributed by atoms with Gasteiger partial charge in [0.2, 0.25) is 5.91 Å². The highest BCUT2D eigenvalue weighted by atomic mass is 16.2. The summed E-state index contributed by atoms with van der Waals surface area (Å²) in [4.78, 5) is 15.7. The first-order chi connectivity index (χ1) is 8.33. The van der Waals surface area contributed by atoms with Crippen molar-refractivity contribution < 1.29 is 4.79 Å². The Morgan fingerprint density at radius 2 is 2.29 bits per heavy atom. The first-order valence-electron chi connectivity index (χ1n) is 5.60. The number of carbonyl (C=O) groups is 1. The van der Waals surface area contributed by atoms with E-state index in [9.17, 15) is 4.79 Å². The molecule has 2 aromatic rings. The second kappa shape index (κ2) is 4.01. The molecule has 0 aliphatic heterocycles. The van der Waals surface area contributed by atoms with E-state index in [1.807, 2.05) is 18.2 Å². The van der Waals surface area contributed by atoms with E-state index in [1.165, 1.54) is 0 Å². The predicted octanol–water partition coefficient (Wildman–Crippen LogP) is 1.62. The fourth-order valence-corrected chi connectivity index (χ4v) is 1.59. The van der Waals surface area contributed by atoms with Crippen LogP contribution in [0, 0.1) is 5.92 Å². The van der Waals surface area contributed by atoms with E-state index in [-0.39, 0.29) is 11.8 Å². The zero-order valence-electron chi connectivity index (χ0n) is 9.21. The summed E-state index contributed by atoms with van der Waals surface area (Å²) in [6.07, 6.45) is 7.11. The Bertz CT molecular complexity index is 530. The maximum Gasteiger partial charge on any atom is 0.227 e. The quantitative estimate of drug-likeness (QED) is 0.868. The molecule has 0 radical (unpaired) electrons. The number of aromatic nitrogens is 3. The first-order valence-corrected chi connectivity index (χ1v) is 5.60. The molecule has 2 aromatic heterocycles. The third-order valence-corrected chi connectivity index (χ3v) is 2.68. The van der Waals surface area contributed by atoms with Crippen molar-refractivity contribution in [3.05, 3.63) is 36.8 Å². The number of nitrogens with zero attached hydrogens (tertiary/aromatic N) is 3. The lowest BCUT2D eigenvalue weighted by Crippen LogP contribution is -2.12. The smallest absolute Gasteiger partial charge is 0.227 e. The van der Waals surface area contributed by atoms with Crippen molar-refractivity contribution >= 4 is 11.6 Å². The molecule has 0 unspecified atom stereocenters. The minimum atomic E-state index is 0.0885. The minimum Gasteiger partial charge on any atom is -0.323 e. The lowest BCUT2D eigenvalue weighted by atomic mass is 10.4. The van der Waals surface area contributed by atoms with Crippen LogP contribution in [0.5, 0.6) is 0 Å². The molecular formula is C12H12N4O. The second-order valence-electron chi connectivity index (χ2n) is 4.13. The van der Waals surface area contributed by atoms with E-state index in [1.54, 1.807) is 23.3 Å². The molecule has 1 saturated carbocycles. The van der Waals surface area contributed by atoms with Gasteiger partial charge in [0.1, 0.15) is 0 Å². The third kappa shape index (κ3) is 2.18. The van der Waals surface area contributed by atoms with Crippen molar-refractivity contribution in [2.24, 2.45) is 5.92 Å². The zero-order chi connectivity index (χ0) is 11.7. The van der Waals surface area contributed by atoms with Crippen molar-refractivity contribution in [3.63, 3.8) is 0 Å². The summed E-state index contributed by atoms with van der Waals surface area (Å²) in [5.41, 5.74) is 0.715. The van der Waals surface area contributed by atoms with Crippen molar-refractivity contribution in [3.8, 4) is 5.82 Å². The van der Waals surface area contributed by atoms with Gasteiger partial charge in [0, 0.05) is 12.1 Å². The molecule has 3 rings (SSSR count). The molecule has 86 valence electrons. The monoisotopic (exact) mass is 228 g/mol. The van der Waals surface area contributed by atoms with Gasteiger partial charge in [0.25, 0.3) is 0 Å². The average Bonchev–Trinajstić information content (AvgIpc) is 3.12. The van der Waals surface area contributed by atoms with Gasteiger partial charge in [0.05, 0.1) is 18.1 Å². The van der Waals surface area contributed by atoms with E-state index in [2.05, 4.69) is 15.4 Å². The second-order valence-corrected chi connectivity index (χ2v) is 4.13. The average molecular weight is 228 g/mol. The number of amides is 1. The highest BCUT2D eigenvalue weighted by Gasteiger charge is 2.29. The normalized spacial score (nSPS) is 14.6. The van der Waals surface area contributed by atoms with Crippen LogP contribution in [0.4, 0.5) is 5.69 Å². The van der Waals surface area contributed by atoms with Crippen LogP contribution in [0.3, 0.4) is 0 Å². The fraction of sp³-hybridized carbons (Fsp3) is 0.250. The van der Waals surface area contributed by atoms with Gasteiger partial charge in [0.15, 0.2) is 5.82 Å². The molecule has 0 atom stereocenters. The lowest BCUT2D eigenvalue weighted by molar-refractivity contribution is -0.117. The SMILES string of the molecule is O=C(Nc1cnn(-c2ccccn2)c1)C1CC1. The standard InChI is InChI=1S/C12H12N4O/c17-12(9-4-5-9)15-10-7-14-16(8-10)11-3-1-2-6-13-11/h1-3,6-9H,4-5H2,(H,15,17). The fourth-order valence-electron chi connectivity index (χ4n) is 1.59. The van der Waals surface area contributed by atoms with Gasteiger partial charge in [-0.15, -0.1) is 0 Å². The maximum absolute atomic E-state index is 11.6. The Morgan fingerprint density at radius 3 is 3.00 bits per heavy atom. The summed E-state index contributed by atoms with van der Waals surface area (Å²) in [7, 11) is 0. The summed E-state index contributed by atoms with van der Waals surface area (Å²) in [6.45, 7) is 0. The van der Waals surface area contributed by atoms with Gasteiger partial charge in [-0.05, 0) is 25.0 Å². The molecule has 0 spiro atoms. The molecule has 1 fully saturated rings. The molecule has 1 N–H and O–H groups in total. The van der Waals surface area contributed by atoms with Gasteiger partial charge in [-0.3, -0.25) is 4.79 Å². The van der Waals surface area contributed by atoms with E-state index in [0.29, 0.717) is 5.69 Å². The molecule has 5 nitrogen and oxygen atoms in total. The molecule has 0 bridgehead atoms. The van der Waals surface area contributed by atoms with E-state index < -0.39 is 0 Å². The maximum atomic E-state index is 11.6. The molecule has 17 heavy (non-hydrogen) atoms. The zero-order valence-corrected chi connectivity index (χ0v) is 9.21. The van der Waals surface area contributed by atoms with Crippen LogP contribution in [0.25, 0.3) is 5.82 Å². The topological polar surface area (TPSA) is 59.8 Å². The van der Waals surface area contributed by atoms with Crippen molar-refractivity contribution in [1.82, 2.24) is 14.8 Å². The summed E-state index contributed by atoms with van der Waals surface area (Å²) in [5.74, 6) is 1.03. The highest BCUT2D eigenvalue weighted by Crippen LogP contribution is 2.30. The predicted molar refractivity (Wildman–Crippen MR) is 62.7 cm³/mol. The van der Waals surface area contributed by atoms with E-state index in [0.717, 1.165) is 18.7 Å². The highest BCUT2D eigenvalue weighted by molar-refractivity contribution is 5.93. The van der Waals surface area contributed by atoms with E-state index >= 15 is 0 Å². The Balaban J connectivity index is 1.76. The van der Waals surface area contributed by atoms with Crippen LogP contribution in [0.15, 0.2) is 36.8 Å². The molecule has 2 heterocycles. The van der Waals surface area contributed by atoms with Crippen LogP contribution >= 0.6 is 0 Å². The number of rotatable bonds is 3. The molecule has 1 aliphatic rings. The van der Waals surface area contributed by atoms with Crippen LogP contribution in [-0.4, -0.2) is 20.7 Å². The Kier molecular flexibility index (Phi) is 2.36. The van der Waals surface area contributed by atoms with Gasteiger partial charge in [-0.1, -0.05) is 6.07 Å². The van der Waals surface area contributed by atoms with E-state index in [4.69, 9.17) is 0 Å². The number of anilines is 1. The van der Waals surface area contributed by atoms with Crippen molar-refractivity contribution in [2.45, 2.75) is 12.8 Å². The number of nitrogens with one attached hydrogen (secondary N) is 1. The van der Waals surface area contributed by atoms with Crippen LogP contribution < -0.4 is 5.32 Å². The molecule has 0 saturated heterocycles. The summed E-state index contributed by atoms with van der Waals surface area (Å²) < 4.78 is 1.64. The van der Waals surface area contributed by atoms with Gasteiger partial charge >= 0.3 is 0 Å². The number of pyridine rings is 1. The lowest BCUT2D eigenvalue weighted by Gasteiger charge is -1.99. The number of hydrogen-bond donors (Lipinski definition) is 1. The summed E-state index contributed by atoms with van der Waals surface area (Å²) >= 11 is 0. The number of carbonyl (C=O) groups excluding carboxylic acids is 1.